The summed E-state index contributed by atoms with van der Waals surface area (Å²) in [6, 6.07) is 3.97. The van der Waals surface area contributed by atoms with E-state index < -0.39 is 11.4 Å². The molecule has 6 heteroatoms. The van der Waals surface area contributed by atoms with Gasteiger partial charge in [0.1, 0.15) is 11.6 Å². The predicted octanol–water partition coefficient (Wildman–Crippen LogP) is 4.19. The third-order valence-electron chi connectivity index (χ3n) is 7.06. The van der Waals surface area contributed by atoms with Crippen molar-refractivity contribution in [1.29, 1.82) is 0 Å². The van der Waals surface area contributed by atoms with E-state index in [1.807, 2.05) is 13.8 Å². The second-order valence-corrected chi connectivity index (χ2v) is 9.36. The van der Waals surface area contributed by atoms with Gasteiger partial charge in [0.05, 0.1) is 10.9 Å². The van der Waals surface area contributed by atoms with Gasteiger partial charge in [-0.25, -0.2) is 14.1 Å². The number of nitrogens with one attached hydrogen (secondary N) is 1. The maximum absolute atomic E-state index is 13.6. The van der Waals surface area contributed by atoms with E-state index in [0.717, 1.165) is 12.3 Å². The Morgan fingerprint density at radius 2 is 2.11 bits per heavy atom. The SMILES string of the molecule is CC(C)c1nc2ccc(F)cc2c(=O)n1NC(=O)C[C@@H]1CC[C@H]2C[C@@H]1C2(C)C. The molecule has 0 radical (unpaired) electrons. The van der Waals surface area contributed by atoms with E-state index in [9.17, 15) is 14.0 Å². The fourth-order valence-corrected chi connectivity index (χ4v) is 5.29. The molecule has 150 valence electrons. The molecule has 5 nitrogen and oxygen atoms in total. The smallest absolute Gasteiger partial charge is 0.273 e. The summed E-state index contributed by atoms with van der Waals surface area (Å²) in [6.07, 6.45) is 3.86. The topological polar surface area (TPSA) is 64.0 Å². The van der Waals surface area contributed by atoms with Crippen molar-refractivity contribution in [2.24, 2.45) is 23.2 Å². The first-order valence-corrected chi connectivity index (χ1v) is 10.2. The van der Waals surface area contributed by atoms with Gasteiger partial charge in [0.25, 0.3) is 5.56 Å². The highest BCUT2D eigenvalue weighted by Crippen LogP contribution is 2.61. The molecule has 5 rings (SSSR count). The maximum atomic E-state index is 13.6. The maximum Gasteiger partial charge on any atom is 0.280 e. The summed E-state index contributed by atoms with van der Waals surface area (Å²) >= 11 is 0. The van der Waals surface area contributed by atoms with Crippen LogP contribution in [0.5, 0.6) is 0 Å². The highest BCUT2D eigenvalue weighted by molar-refractivity contribution is 5.85. The van der Waals surface area contributed by atoms with Crippen LogP contribution in [-0.2, 0) is 4.79 Å². The molecule has 1 aromatic heterocycles. The Labute approximate surface area is 164 Å². The number of carbonyl (C=O) groups is 1. The Morgan fingerprint density at radius 3 is 2.75 bits per heavy atom. The fourth-order valence-electron chi connectivity index (χ4n) is 5.29. The first-order chi connectivity index (χ1) is 13.2. The molecular formula is C22H28FN3O2. The van der Waals surface area contributed by atoms with Crippen molar-refractivity contribution in [2.75, 3.05) is 5.43 Å². The number of hydrogen-bond donors (Lipinski definition) is 1. The summed E-state index contributed by atoms with van der Waals surface area (Å²) in [4.78, 5) is 30.3. The van der Waals surface area contributed by atoms with E-state index in [0.29, 0.717) is 35.0 Å². The number of amides is 1. The van der Waals surface area contributed by atoms with Crippen molar-refractivity contribution in [1.82, 2.24) is 9.66 Å². The van der Waals surface area contributed by atoms with Crippen LogP contribution < -0.4 is 11.0 Å². The highest BCUT2D eigenvalue weighted by atomic mass is 19.1. The molecular weight excluding hydrogens is 357 g/mol. The monoisotopic (exact) mass is 385 g/mol. The number of halogens is 1. The minimum absolute atomic E-state index is 0.0662. The van der Waals surface area contributed by atoms with Gasteiger partial charge in [-0.3, -0.25) is 15.0 Å². The Morgan fingerprint density at radius 1 is 1.36 bits per heavy atom. The molecule has 2 bridgehead atoms. The molecule has 1 aromatic carbocycles. The average Bonchev–Trinajstić information content (AvgIpc) is 2.64. The Bertz CT molecular complexity index is 993. The van der Waals surface area contributed by atoms with Gasteiger partial charge in [0, 0.05) is 12.3 Å². The molecule has 28 heavy (non-hydrogen) atoms. The number of carbonyl (C=O) groups excluding carboxylic acids is 1. The lowest BCUT2D eigenvalue weighted by molar-refractivity contribution is -0.129. The molecule has 2 aromatic rings. The molecule has 3 fully saturated rings. The standard InChI is InChI=1S/C22H28FN3O2/c1-12(2)20-24-18-8-7-15(23)11-16(18)21(28)26(20)25-19(27)9-13-5-6-14-10-17(13)22(14,3)4/h7-8,11-14,17H,5-6,9-10H2,1-4H3,(H,25,27)/t13-,14-,17-/m0/s1. The van der Waals surface area contributed by atoms with Gasteiger partial charge in [-0.2, -0.15) is 0 Å². The van der Waals surface area contributed by atoms with E-state index in [4.69, 9.17) is 0 Å². The van der Waals surface area contributed by atoms with Gasteiger partial charge in [-0.1, -0.05) is 27.7 Å². The van der Waals surface area contributed by atoms with Crippen molar-refractivity contribution in [2.45, 2.75) is 59.3 Å². The van der Waals surface area contributed by atoms with Gasteiger partial charge in [0.2, 0.25) is 5.91 Å². The third-order valence-corrected chi connectivity index (χ3v) is 7.06. The van der Waals surface area contributed by atoms with Gasteiger partial charge in [-0.05, 0) is 60.6 Å². The molecule has 1 heterocycles. The molecule has 0 unspecified atom stereocenters. The summed E-state index contributed by atoms with van der Waals surface area (Å²) < 4.78 is 14.9. The molecule has 0 spiro atoms. The molecule has 1 amide bonds. The molecule has 3 aliphatic rings. The molecule has 1 N–H and O–H groups in total. The number of nitrogens with zero attached hydrogens (tertiary/aromatic N) is 2. The number of benzene rings is 1. The average molecular weight is 385 g/mol. The molecule has 3 atom stereocenters. The summed E-state index contributed by atoms with van der Waals surface area (Å²) in [7, 11) is 0. The van der Waals surface area contributed by atoms with Crippen LogP contribution in [0.2, 0.25) is 0 Å². The van der Waals surface area contributed by atoms with Crippen molar-refractivity contribution >= 4 is 16.8 Å². The minimum atomic E-state index is -0.495. The molecule has 3 saturated carbocycles. The molecule has 0 saturated heterocycles. The van der Waals surface area contributed by atoms with Crippen LogP contribution >= 0.6 is 0 Å². The fraction of sp³-hybridized carbons (Fsp3) is 0.591. The van der Waals surface area contributed by atoms with Crippen molar-refractivity contribution in [3.8, 4) is 0 Å². The van der Waals surface area contributed by atoms with Crippen LogP contribution in [0.4, 0.5) is 4.39 Å². The van der Waals surface area contributed by atoms with E-state index in [1.54, 1.807) is 0 Å². The summed E-state index contributed by atoms with van der Waals surface area (Å²) in [5, 5.41) is 0.172. The zero-order valence-corrected chi connectivity index (χ0v) is 17.0. The van der Waals surface area contributed by atoms with Gasteiger partial charge in [0.15, 0.2) is 0 Å². The van der Waals surface area contributed by atoms with Crippen molar-refractivity contribution < 1.29 is 9.18 Å². The summed E-state index contributed by atoms with van der Waals surface area (Å²) in [5.41, 5.74) is 3.08. The number of rotatable bonds is 4. The molecule has 3 aliphatic carbocycles. The van der Waals surface area contributed by atoms with Crippen LogP contribution in [0.3, 0.4) is 0 Å². The van der Waals surface area contributed by atoms with E-state index >= 15 is 0 Å². The lowest BCUT2D eigenvalue weighted by atomic mass is 9.45. The van der Waals surface area contributed by atoms with Gasteiger partial charge >= 0.3 is 0 Å². The van der Waals surface area contributed by atoms with Gasteiger partial charge in [-0.15, -0.1) is 0 Å². The van der Waals surface area contributed by atoms with E-state index in [2.05, 4.69) is 24.3 Å². The highest BCUT2D eigenvalue weighted by Gasteiger charge is 2.54. The normalized spacial score (nSPS) is 25.6. The number of aromatic nitrogens is 2. The van der Waals surface area contributed by atoms with Crippen LogP contribution in [-0.4, -0.2) is 15.6 Å². The lowest BCUT2D eigenvalue weighted by Crippen LogP contribution is -2.53. The second-order valence-electron chi connectivity index (χ2n) is 9.36. The van der Waals surface area contributed by atoms with Crippen LogP contribution in [0.15, 0.2) is 23.0 Å². The third kappa shape index (κ3) is 3.03. The number of fused-ring (bicyclic) bond motifs is 3. The zero-order valence-electron chi connectivity index (χ0n) is 17.0. The number of hydrogen-bond acceptors (Lipinski definition) is 3. The van der Waals surface area contributed by atoms with E-state index in [1.165, 1.54) is 35.7 Å². The Hall–Kier alpha value is -2.24. The Balaban J connectivity index is 1.61. The second kappa shape index (κ2) is 6.68. The van der Waals surface area contributed by atoms with Gasteiger partial charge < -0.3 is 0 Å². The van der Waals surface area contributed by atoms with Crippen LogP contribution in [0.1, 0.15) is 65.1 Å². The van der Waals surface area contributed by atoms with Crippen LogP contribution in [0, 0.1) is 29.0 Å². The molecule has 0 aliphatic heterocycles. The quantitative estimate of drug-likeness (QED) is 0.858. The first-order valence-electron chi connectivity index (χ1n) is 10.2. The lowest BCUT2D eigenvalue weighted by Gasteiger charge is -2.60. The predicted molar refractivity (Wildman–Crippen MR) is 107 cm³/mol. The van der Waals surface area contributed by atoms with E-state index in [-0.39, 0.29) is 17.2 Å². The van der Waals surface area contributed by atoms with Crippen molar-refractivity contribution in [3.05, 3.63) is 40.2 Å². The summed E-state index contributed by atoms with van der Waals surface area (Å²) in [6.45, 7) is 8.44. The Kier molecular flexibility index (Phi) is 4.55. The zero-order chi connectivity index (χ0) is 20.2. The van der Waals surface area contributed by atoms with Crippen molar-refractivity contribution in [3.63, 3.8) is 0 Å². The summed E-state index contributed by atoms with van der Waals surface area (Å²) in [5.74, 6) is 1.45. The first kappa shape index (κ1) is 19.1. The largest absolute Gasteiger partial charge is 0.280 e. The minimum Gasteiger partial charge on any atom is -0.273 e. The van der Waals surface area contributed by atoms with Crippen LogP contribution in [0.25, 0.3) is 10.9 Å².